The van der Waals surface area contributed by atoms with Crippen molar-refractivity contribution in [2.75, 3.05) is 0 Å². The quantitative estimate of drug-likeness (QED) is 0.850. The molecule has 0 fully saturated rings. The summed E-state index contributed by atoms with van der Waals surface area (Å²) in [5.41, 5.74) is 7.52. The first-order valence-corrected chi connectivity index (χ1v) is 6.44. The van der Waals surface area contributed by atoms with E-state index >= 15 is 0 Å². The van der Waals surface area contributed by atoms with Gasteiger partial charge in [0.15, 0.2) is 0 Å². The van der Waals surface area contributed by atoms with Crippen LogP contribution in [-0.4, -0.2) is 11.6 Å². The smallest absolute Gasteiger partial charge is 0.123 e. The fourth-order valence-electron chi connectivity index (χ4n) is 2.67. The van der Waals surface area contributed by atoms with Crippen molar-refractivity contribution in [2.45, 2.75) is 51.7 Å². The van der Waals surface area contributed by atoms with Gasteiger partial charge in [-0.15, -0.1) is 0 Å². The lowest BCUT2D eigenvalue weighted by Crippen LogP contribution is -2.43. The zero-order valence-corrected chi connectivity index (χ0v) is 11.2. The first kappa shape index (κ1) is 12.4. The van der Waals surface area contributed by atoms with Crippen LogP contribution in [0.15, 0.2) is 24.3 Å². The van der Waals surface area contributed by atoms with Gasteiger partial charge in [0, 0.05) is 12.0 Å². The molecule has 17 heavy (non-hydrogen) atoms. The standard InChI is InChI=1S/C15H23NO/c1-10(2)14(16)12-9-15(3,4)17-13-8-6-5-7-11(12)13/h5-8,10,12,14H,9,16H2,1-4H3. The van der Waals surface area contributed by atoms with E-state index in [0.717, 1.165) is 12.2 Å². The fraction of sp³-hybridized carbons (Fsp3) is 0.600. The van der Waals surface area contributed by atoms with Crippen LogP contribution >= 0.6 is 0 Å². The molecule has 2 unspecified atom stereocenters. The second-order valence-electron chi connectivity index (χ2n) is 6.03. The molecule has 2 nitrogen and oxygen atoms in total. The van der Waals surface area contributed by atoms with Gasteiger partial charge in [0.1, 0.15) is 11.4 Å². The minimum atomic E-state index is -0.120. The Labute approximate surface area is 104 Å². The molecule has 0 aliphatic carbocycles. The summed E-state index contributed by atoms with van der Waals surface area (Å²) >= 11 is 0. The largest absolute Gasteiger partial charge is 0.488 e. The third-order valence-electron chi connectivity index (χ3n) is 3.65. The van der Waals surface area contributed by atoms with Gasteiger partial charge in [-0.25, -0.2) is 0 Å². The molecule has 1 aliphatic rings. The Hall–Kier alpha value is -1.02. The Morgan fingerprint density at radius 2 is 1.94 bits per heavy atom. The van der Waals surface area contributed by atoms with Gasteiger partial charge in [-0.1, -0.05) is 32.0 Å². The zero-order valence-electron chi connectivity index (χ0n) is 11.2. The van der Waals surface area contributed by atoms with Crippen molar-refractivity contribution in [3.63, 3.8) is 0 Å². The fourth-order valence-corrected chi connectivity index (χ4v) is 2.67. The molecule has 0 spiro atoms. The number of hydrogen-bond acceptors (Lipinski definition) is 2. The first-order chi connectivity index (χ1) is 7.91. The topological polar surface area (TPSA) is 35.2 Å². The van der Waals surface area contributed by atoms with Gasteiger partial charge in [0.2, 0.25) is 0 Å². The third-order valence-corrected chi connectivity index (χ3v) is 3.65. The van der Waals surface area contributed by atoms with Crippen LogP contribution in [0, 0.1) is 5.92 Å². The molecular weight excluding hydrogens is 210 g/mol. The van der Waals surface area contributed by atoms with Gasteiger partial charge in [-0.2, -0.15) is 0 Å². The molecule has 0 aromatic heterocycles. The van der Waals surface area contributed by atoms with Gasteiger partial charge >= 0.3 is 0 Å². The van der Waals surface area contributed by atoms with E-state index in [1.165, 1.54) is 5.56 Å². The highest BCUT2D eigenvalue weighted by atomic mass is 16.5. The van der Waals surface area contributed by atoms with E-state index in [-0.39, 0.29) is 11.6 Å². The number of benzene rings is 1. The average Bonchev–Trinajstić information content (AvgIpc) is 2.25. The van der Waals surface area contributed by atoms with Crippen LogP contribution in [-0.2, 0) is 0 Å². The van der Waals surface area contributed by atoms with Crippen LogP contribution in [0.4, 0.5) is 0 Å². The zero-order chi connectivity index (χ0) is 12.6. The summed E-state index contributed by atoms with van der Waals surface area (Å²) in [4.78, 5) is 0. The van der Waals surface area contributed by atoms with E-state index in [9.17, 15) is 0 Å². The van der Waals surface area contributed by atoms with Crippen LogP contribution in [0.1, 0.15) is 45.6 Å². The van der Waals surface area contributed by atoms with E-state index in [4.69, 9.17) is 10.5 Å². The molecule has 0 saturated heterocycles. The summed E-state index contributed by atoms with van der Waals surface area (Å²) in [5.74, 6) is 1.89. The summed E-state index contributed by atoms with van der Waals surface area (Å²) in [6, 6.07) is 8.49. The monoisotopic (exact) mass is 233 g/mol. The average molecular weight is 233 g/mol. The predicted molar refractivity (Wildman–Crippen MR) is 71.3 cm³/mol. The van der Waals surface area contributed by atoms with Crippen molar-refractivity contribution >= 4 is 0 Å². The van der Waals surface area contributed by atoms with Crippen LogP contribution in [0.25, 0.3) is 0 Å². The molecular formula is C15H23NO. The van der Waals surface area contributed by atoms with Crippen molar-refractivity contribution in [1.82, 2.24) is 0 Å². The van der Waals surface area contributed by atoms with E-state index < -0.39 is 0 Å². The van der Waals surface area contributed by atoms with Gasteiger partial charge in [-0.05, 0) is 37.8 Å². The molecule has 2 rings (SSSR count). The molecule has 1 aromatic rings. The molecule has 1 aromatic carbocycles. The highest BCUT2D eigenvalue weighted by Crippen LogP contribution is 2.42. The van der Waals surface area contributed by atoms with E-state index in [2.05, 4.69) is 45.9 Å². The molecule has 94 valence electrons. The minimum absolute atomic E-state index is 0.120. The number of ether oxygens (including phenoxy) is 1. The van der Waals surface area contributed by atoms with E-state index in [0.29, 0.717) is 11.8 Å². The molecule has 0 saturated carbocycles. The van der Waals surface area contributed by atoms with Gasteiger partial charge < -0.3 is 10.5 Å². The van der Waals surface area contributed by atoms with Crippen molar-refractivity contribution < 1.29 is 4.74 Å². The Balaban J connectivity index is 2.39. The molecule has 0 bridgehead atoms. The van der Waals surface area contributed by atoms with Gasteiger partial charge in [0.05, 0.1) is 0 Å². The van der Waals surface area contributed by atoms with Crippen molar-refractivity contribution in [3.05, 3.63) is 29.8 Å². The Morgan fingerprint density at radius 1 is 1.29 bits per heavy atom. The van der Waals surface area contributed by atoms with E-state index in [1.54, 1.807) is 0 Å². The normalized spacial score (nSPS) is 24.0. The lowest BCUT2D eigenvalue weighted by molar-refractivity contribution is 0.0644. The molecule has 2 N–H and O–H groups in total. The summed E-state index contributed by atoms with van der Waals surface area (Å²) in [6.07, 6.45) is 0.989. The Kier molecular flexibility index (Phi) is 3.17. The highest BCUT2D eigenvalue weighted by molar-refractivity contribution is 5.40. The second kappa shape index (κ2) is 4.34. The van der Waals surface area contributed by atoms with E-state index in [1.807, 2.05) is 6.07 Å². The summed E-state index contributed by atoms with van der Waals surface area (Å²) in [5, 5.41) is 0. The number of hydrogen-bond donors (Lipinski definition) is 1. The van der Waals surface area contributed by atoms with Crippen LogP contribution in [0.5, 0.6) is 5.75 Å². The maximum Gasteiger partial charge on any atom is 0.123 e. The molecule has 1 heterocycles. The molecule has 2 atom stereocenters. The van der Waals surface area contributed by atoms with Crippen LogP contribution < -0.4 is 10.5 Å². The van der Waals surface area contributed by atoms with Crippen molar-refractivity contribution in [2.24, 2.45) is 11.7 Å². The SMILES string of the molecule is CC(C)C(N)C1CC(C)(C)Oc2ccccc21. The first-order valence-electron chi connectivity index (χ1n) is 6.44. The minimum Gasteiger partial charge on any atom is -0.488 e. The number of rotatable bonds is 2. The predicted octanol–water partition coefficient (Wildman–Crippen LogP) is 3.31. The van der Waals surface area contributed by atoms with Crippen molar-refractivity contribution in [3.8, 4) is 5.75 Å². The molecule has 0 radical (unpaired) electrons. The second-order valence-corrected chi connectivity index (χ2v) is 6.03. The summed E-state index contributed by atoms with van der Waals surface area (Å²) in [6.45, 7) is 8.66. The van der Waals surface area contributed by atoms with Crippen LogP contribution in [0.3, 0.4) is 0 Å². The number of para-hydroxylation sites is 1. The maximum atomic E-state index is 6.37. The lowest BCUT2D eigenvalue weighted by Gasteiger charge is -2.40. The number of fused-ring (bicyclic) bond motifs is 1. The highest BCUT2D eigenvalue weighted by Gasteiger charge is 2.37. The summed E-state index contributed by atoms with van der Waals surface area (Å²) < 4.78 is 6.02. The summed E-state index contributed by atoms with van der Waals surface area (Å²) in [7, 11) is 0. The Bertz CT molecular complexity index is 398. The van der Waals surface area contributed by atoms with Gasteiger partial charge in [0.25, 0.3) is 0 Å². The third kappa shape index (κ3) is 2.47. The van der Waals surface area contributed by atoms with Crippen molar-refractivity contribution in [1.29, 1.82) is 0 Å². The number of nitrogens with two attached hydrogens (primary N) is 1. The Morgan fingerprint density at radius 3 is 2.59 bits per heavy atom. The molecule has 2 heteroatoms. The molecule has 0 amide bonds. The maximum absolute atomic E-state index is 6.37. The van der Waals surface area contributed by atoms with Crippen LogP contribution in [0.2, 0.25) is 0 Å². The van der Waals surface area contributed by atoms with Gasteiger partial charge in [-0.3, -0.25) is 0 Å². The lowest BCUT2D eigenvalue weighted by atomic mass is 9.77. The molecule has 1 aliphatic heterocycles.